The maximum atomic E-state index is 10.6. The van der Waals surface area contributed by atoms with E-state index >= 15 is 0 Å². The standard InChI is InChI=1S/C16H18N2O3/c1-12-3-2-4-13(9-12)10-17-11-16(19)14-5-7-15(8-6-14)18(20)21/h2-9,16-17,19H,10-11H2,1H3. The zero-order valence-corrected chi connectivity index (χ0v) is 11.8. The van der Waals surface area contributed by atoms with Crippen molar-refractivity contribution in [2.24, 2.45) is 0 Å². The second kappa shape index (κ2) is 6.97. The van der Waals surface area contributed by atoms with Gasteiger partial charge in [0.2, 0.25) is 0 Å². The third-order valence-electron chi connectivity index (χ3n) is 3.24. The number of rotatable bonds is 6. The molecule has 0 aliphatic rings. The largest absolute Gasteiger partial charge is 0.387 e. The third-order valence-corrected chi connectivity index (χ3v) is 3.24. The van der Waals surface area contributed by atoms with Crippen LogP contribution in [-0.2, 0) is 6.54 Å². The molecule has 1 atom stereocenters. The van der Waals surface area contributed by atoms with Crippen LogP contribution in [-0.4, -0.2) is 16.6 Å². The summed E-state index contributed by atoms with van der Waals surface area (Å²) in [6.45, 7) is 3.10. The van der Waals surface area contributed by atoms with E-state index in [-0.39, 0.29) is 5.69 Å². The number of nitrogens with zero attached hydrogens (tertiary/aromatic N) is 1. The molecular weight excluding hydrogens is 268 g/mol. The number of aryl methyl sites for hydroxylation is 1. The van der Waals surface area contributed by atoms with Crippen molar-refractivity contribution < 1.29 is 10.0 Å². The van der Waals surface area contributed by atoms with Gasteiger partial charge in [-0.25, -0.2) is 0 Å². The van der Waals surface area contributed by atoms with E-state index in [0.717, 1.165) is 5.56 Å². The molecule has 2 rings (SSSR count). The van der Waals surface area contributed by atoms with Crippen molar-refractivity contribution in [2.45, 2.75) is 19.6 Å². The van der Waals surface area contributed by atoms with Crippen LogP contribution in [0.5, 0.6) is 0 Å². The first-order valence-corrected chi connectivity index (χ1v) is 6.75. The molecule has 2 aromatic carbocycles. The topological polar surface area (TPSA) is 75.4 Å². The Bertz CT molecular complexity index is 611. The maximum absolute atomic E-state index is 10.6. The van der Waals surface area contributed by atoms with Gasteiger partial charge < -0.3 is 10.4 Å². The van der Waals surface area contributed by atoms with E-state index in [1.165, 1.54) is 17.7 Å². The highest BCUT2D eigenvalue weighted by molar-refractivity contribution is 5.33. The summed E-state index contributed by atoms with van der Waals surface area (Å²) < 4.78 is 0. The fourth-order valence-electron chi connectivity index (χ4n) is 2.11. The van der Waals surface area contributed by atoms with E-state index in [2.05, 4.69) is 11.4 Å². The molecule has 0 heterocycles. The Balaban J connectivity index is 1.86. The van der Waals surface area contributed by atoms with Gasteiger partial charge in [-0.05, 0) is 30.2 Å². The number of nitrogens with one attached hydrogen (secondary N) is 1. The van der Waals surface area contributed by atoms with Crippen molar-refractivity contribution in [2.75, 3.05) is 6.54 Å². The van der Waals surface area contributed by atoms with Crippen LogP contribution >= 0.6 is 0 Å². The van der Waals surface area contributed by atoms with Gasteiger partial charge in [0.15, 0.2) is 0 Å². The SMILES string of the molecule is Cc1cccc(CNCC(O)c2ccc([N+](=O)[O-])cc2)c1. The second-order valence-electron chi connectivity index (χ2n) is 4.98. The molecule has 0 bridgehead atoms. The van der Waals surface area contributed by atoms with E-state index in [1.54, 1.807) is 12.1 Å². The van der Waals surface area contributed by atoms with Crippen molar-refractivity contribution in [1.29, 1.82) is 0 Å². The molecule has 21 heavy (non-hydrogen) atoms. The molecule has 5 nitrogen and oxygen atoms in total. The van der Waals surface area contributed by atoms with E-state index < -0.39 is 11.0 Å². The molecule has 110 valence electrons. The number of non-ortho nitro benzene ring substituents is 1. The lowest BCUT2D eigenvalue weighted by atomic mass is 10.1. The van der Waals surface area contributed by atoms with Gasteiger partial charge in [0.1, 0.15) is 0 Å². The Morgan fingerprint density at radius 1 is 1.24 bits per heavy atom. The minimum Gasteiger partial charge on any atom is -0.387 e. The number of hydrogen-bond acceptors (Lipinski definition) is 4. The van der Waals surface area contributed by atoms with Gasteiger partial charge in [-0.2, -0.15) is 0 Å². The molecule has 0 aromatic heterocycles. The van der Waals surface area contributed by atoms with Crippen molar-refractivity contribution in [3.05, 3.63) is 75.3 Å². The third kappa shape index (κ3) is 4.37. The Labute approximate surface area is 123 Å². The average molecular weight is 286 g/mol. The zero-order valence-electron chi connectivity index (χ0n) is 11.8. The van der Waals surface area contributed by atoms with Gasteiger partial charge >= 0.3 is 0 Å². The van der Waals surface area contributed by atoms with Crippen molar-refractivity contribution in [3.63, 3.8) is 0 Å². The van der Waals surface area contributed by atoms with Crippen LogP contribution in [0.25, 0.3) is 0 Å². The molecule has 5 heteroatoms. The van der Waals surface area contributed by atoms with Gasteiger partial charge in [-0.1, -0.05) is 29.8 Å². The molecule has 0 amide bonds. The Kier molecular flexibility index (Phi) is 5.03. The molecule has 0 aliphatic heterocycles. The Morgan fingerprint density at radius 2 is 1.95 bits per heavy atom. The second-order valence-corrected chi connectivity index (χ2v) is 4.98. The minimum absolute atomic E-state index is 0.0265. The first-order chi connectivity index (χ1) is 10.1. The number of nitro groups is 1. The number of aliphatic hydroxyl groups excluding tert-OH is 1. The first kappa shape index (κ1) is 15.2. The summed E-state index contributed by atoms with van der Waals surface area (Å²) in [5.74, 6) is 0. The lowest BCUT2D eigenvalue weighted by Crippen LogP contribution is -2.21. The summed E-state index contributed by atoms with van der Waals surface area (Å²) in [5, 5.41) is 23.8. The van der Waals surface area contributed by atoms with Crippen molar-refractivity contribution in [1.82, 2.24) is 5.32 Å². The fourth-order valence-corrected chi connectivity index (χ4v) is 2.11. The van der Waals surface area contributed by atoms with Gasteiger partial charge in [0.05, 0.1) is 11.0 Å². The predicted octanol–water partition coefficient (Wildman–Crippen LogP) is 2.73. The summed E-state index contributed by atoms with van der Waals surface area (Å²) in [7, 11) is 0. The number of hydrogen-bond donors (Lipinski definition) is 2. The highest BCUT2D eigenvalue weighted by Gasteiger charge is 2.10. The number of nitro benzene ring substituents is 1. The number of benzene rings is 2. The van der Waals surface area contributed by atoms with Gasteiger partial charge in [0, 0.05) is 25.2 Å². The average Bonchev–Trinajstić information content (AvgIpc) is 2.47. The molecular formula is C16H18N2O3. The lowest BCUT2D eigenvalue weighted by Gasteiger charge is -2.12. The maximum Gasteiger partial charge on any atom is 0.269 e. The minimum atomic E-state index is -0.685. The molecule has 2 N–H and O–H groups in total. The van der Waals surface area contributed by atoms with Crippen molar-refractivity contribution in [3.8, 4) is 0 Å². The monoisotopic (exact) mass is 286 g/mol. The van der Waals surface area contributed by atoms with Crippen LogP contribution in [0, 0.1) is 17.0 Å². The molecule has 2 aromatic rings. The highest BCUT2D eigenvalue weighted by atomic mass is 16.6. The predicted molar refractivity (Wildman–Crippen MR) is 80.9 cm³/mol. The zero-order chi connectivity index (χ0) is 15.2. The fraction of sp³-hybridized carbons (Fsp3) is 0.250. The van der Waals surface area contributed by atoms with Gasteiger partial charge in [-0.15, -0.1) is 0 Å². The van der Waals surface area contributed by atoms with Crippen LogP contribution in [0.3, 0.4) is 0 Å². The highest BCUT2D eigenvalue weighted by Crippen LogP contribution is 2.17. The first-order valence-electron chi connectivity index (χ1n) is 6.75. The Hall–Kier alpha value is -2.24. The van der Waals surface area contributed by atoms with E-state index in [9.17, 15) is 15.2 Å². The molecule has 0 saturated carbocycles. The van der Waals surface area contributed by atoms with E-state index in [4.69, 9.17) is 0 Å². The molecule has 1 unspecified atom stereocenters. The Morgan fingerprint density at radius 3 is 2.57 bits per heavy atom. The van der Waals surface area contributed by atoms with Gasteiger partial charge in [0.25, 0.3) is 5.69 Å². The van der Waals surface area contributed by atoms with Crippen LogP contribution in [0.1, 0.15) is 22.8 Å². The molecule has 0 saturated heterocycles. The lowest BCUT2D eigenvalue weighted by molar-refractivity contribution is -0.384. The van der Waals surface area contributed by atoms with Crippen LogP contribution in [0.2, 0.25) is 0 Å². The number of aliphatic hydroxyl groups is 1. The van der Waals surface area contributed by atoms with E-state index in [0.29, 0.717) is 18.7 Å². The summed E-state index contributed by atoms with van der Waals surface area (Å²) in [4.78, 5) is 10.1. The van der Waals surface area contributed by atoms with E-state index in [1.807, 2.05) is 25.1 Å². The summed E-state index contributed by atoms with van der Waals surface area (Å²) in [6.07, 6.45) is -0.685. The smallest absolute Gasteiger partial charge is 0.269 e. The molecule has 0 spiro atoms. The van der Waals surface area contributed by atoms with Crippen LogP contribution in [0.4, 0.5) is 5.69 Å². The normalized spacial score (nSPS) is 12.1. The van der Waals surface area contributed by atoms with Gasteiger partial charge in [-0.3, -0.25) is 10.1 Å². The molecule has 0 radical (unpaired) electrons. The summed E-state index contributed by atoms with van der Waals surface area (Å²) in [6, 6.07) is 14.1. The van der Waals surface area contributed by atoms with Crippen molar-refractivity contribution >= 4 is 5.69 Å². The van der Waals surface area contributed by atoms with Crippen LogP contribution < -0.4 is 5.32 Å². The molecule has 0 fully saturated rings. The quantitative estimate of drug-likeness (QED) is 0.632. The summed E-state index contributed by atoms with van der Waals surface area (Å²) in [5.41, 5.74) is 3.05. The summed E-state index contributed by atoms with van der Waals surface area (Å²) >= 11 is 0. The van der Waals surface area contributed by atoms with Crippen LogP contribution in [0.15, 0.2) is 48.5 Å². The molecule has 0 aliphatic carbocycles.